The number of benzene rings is 4. The highest BCUT2D eigenvalue weighted by molar-refractivity contribution is 5.82. The Bertz CT molecular complexity index is 1480. The van der Waals surface area contributed by atoms with Gasteiger partial charge in [0.05, 0.1) is 12.1 Å². The zero-order chi connectivity index (χ0) is 26.9. The molecule has 0 spiro atoms. The molecular formula is C34H32F2N2O. The minimum Gasteiger partial charge on any atom is -0.333 e. The van der Waals surface area contributed by atoms with Crippen LogP contribution in [0.25, 0.3) is 0 Å². The van der Waals surface area contributed by atoms with Crippen molar-refractivity contribution < 1.29 is 13.6 Å². The highest BCUT2D eigenvalue weighted by Crippen LogP contribution is 2.38. The molecule has 1 aliphatic heterocycles. The lowest BCUT2D eigenvalue weighted by Crippen LogP contribution is -2.53. The van der Waals surface area contributed by atoms with Crippen molar-refractivity contribution in [1.29, 1.82) is 0 Å². The minimum absolute atomic E-state index is 0.0585. The number of amides is 1. The number of fused-ring (bicyclic) bond motifs is 2. The first-order valence-corrected chi connectivity index (χ1v) is 13.7. The summed E-state index contributed by atoms with van der Waals surface area (Å²) in [5, 5.41) is 0. The van der Waals surface area contributed by atoms with Gasteiger partial charge in [0, 0.05) is 30.3 Å². The van der Waals surface area contributed by atoms with E-state index in [1.165, 1.54) is 28.8 Å². The number of hydrogen-bond donors (Lipinski definition) is 0. The van der Waals surface area contributed by atoms with Gasteiger partial charge in [-0.2, -0.15) is 0 Å². The maximum Gasteiger partial charge on any atom is 0.240 e. The van der Waals surface area contributed by atoms with E-state index in [-0.39, 0.29) is 36.2 Å². The molecule has 0 N–H and O–H groups in total. The first-order valence-electron chi connectivity index (χ1n) is 13.7. The zero-order valence-corrected chi connectivity index (χ0v) is 22.1. The molecule has 1 aliphatic carbocycles. The van der Waals surface area contributed by atoms with E-state index >= 15 is 4.39 Å². The fraction of sp³-hybridized carbons (Fsp3) is 0.265. The summed E-state index contributed by atoms with van der Waals surface area (Å²) in [5.74, 6) is -0.648. The number of nitrogens with zero attached hydrogens (tertiary/aromatic N) is 2. The summed E-state index contributed by atoms with van der Waals surface area (Å²) in [5.41, 5.74) is 5.75. The van der Waals surface area contributed by atoms with Gasteiger partial charge in [0.25, 0.3) is 0 Å². The van der Waals surface area contributed by atoms with E-state index in [4.69, 9.17) is 0 Å². The number of halogens is 2. The van der Waals surface area contributed by atoms with Crippen LogP contribution in [0.4, 0.5) is 8.78 Å². The third-order valence-corrected chi connectivity index (χ3v) is 8.43. The fourth-order valence-electron chi connectivity index (χ4n) is 6.38. The van der Waals surface area contributed by atoms with E-state index in [0.29, 0.717) is 17.7 Å². The van der Waals surface area contributed by atoms with Crippen LogP contribution in [0.1, 0.15) is 46.3 Å². The molecule has 2 atom stereocenters. The van der Waals surface area contributed by atoms with E-state index in [2.05, 4.69) is 23.1 Å². The molecule has 0 unspecified atom stereocenters. The average Bonchev–Trinajstić information content (AvgIpc) is 3.40. The summed E-state index contributed by atoms with van der Waals surface area (Å²) in [6.45, 7) is 2.74. The summed E-state index contributed by atoms with van der Waals surface area (Å²) < 4.78 is 30.1. The van der Waals surface area contributed by atoms with Crippen LogP contribution in [0, 0.1) is 11.6 Å². The van der Waals surface area contributed by atoms with Gasteiger partial charge in [0.1, 0.15) is 11.6 Å². The van der Waals surface area contributed by atoms with Crippen molar-refractivity contribution in [2.75, 3.05) is 6.54 Å². The van der Waals surface area contributed by atoms with Gasteiger partial charge in [-0.1, -0.05) is 84.9 Å². The molecule has 0 radical (unpaired) electrons. The van der Waals surface area contributed by atoms with Crippen molar-refractivity contribution in [2.45, 2.75) is 50.9 Å². The molecule has 6 rings (SSSR count). The summed E-state index contributed by atoms with van der Waals surface area (Å²) in [7, 11) is 0. The third kappa shape index (κ3) is 4.87. The summed E-state index contributed by atoms with van der Waals surface area (Å²) >= 11 is 0. The second-order valence-electron chi connectivity index (χ2n) is 10.7. The smallest absolute Gasteiger partial charge is 0.240 e. The predicted octanol–water partition coefficient (Wildman–Crippen LogP) is 6.50. The lowest BCUT2D eigenvalue weighted by Gasteiger charge is -2.43. The van der Waals surface area contributed by atoms with E-state index in [1.54, 1.807) is 18.2 Å². The minimum atomic E-state index is -0.529. The van der Waals surface area contributed by atoms with Crippen LogP contribution >= 0.6 is 0 Å². The van der Waals surface area contributed by atoms with Gasteiger partial charge >= 0.3 is 0 Å². The molecule has 198 valence electrons. The van der Waals surface area contributed by atoms with Crippen molar-refractivity contribution in [3.05, 3.63) is 142 Å². The van der Waals surface area contributed by atoms with Crippen LogP contribution in [0.5, 0.6) is 0 Å². The Balaban J connectivity index is 1.36. The van der Waals surface area contributed by atoms with Crippen molar-refractivity contribution >= 4 is 5.91 Å². The number of carbonyl (C=O) groups is 1. The fourth-order valence-corrected chi connectivity index (χ4v) is 6.38. The molecular weight excluding hydrogens is 490 g/mol. The van der Waals surface area contributed by atoms with E-state index in [0.717, 1.165) is 24.8 Å². The van der Waals surface area contributed by atoms with Gasteiger partial charge in [-0.3, -0.25) is 9.69 Å². The lowest BCUT2D eigenvalue weighted by molar-refractivity contribution is -0.140. The van der Waals surface area contributed by atoms with Crippen molar-refractivity contribution in [2.24, 2.45) is 0 Å². The van der Waals surface area contributed by atoms with Crippen LogP contribution in [-0.4, -0.2) is 34.3 Å². The first-order chi connectivity index (χ1) is 19.0. The number of carbonyl (C=O) groups excluding carboxylic acids is 1. The average molecular weight is 523 g/mol. The molecule has 1 heterocycles. The predicted molar refractivity (Wildman–Crippen MR) is 149 cm³/mol. The quantitative estimate of drug-likeness (QED) is 0.289. The summed E-state index contributed by atoms with van der Waals surface area (Å²) in [6, 6.07) is 28.9. The molecule has 4 aromatic rings. The molecule has 39 heavy (non-hydrogen) atoms. The standard InChI is InChI=1S/C34H32F2N2O/c1-23(37-19-18-24-10-4-6-14-29(24)33(37)30-15-7-9-17-32(30)36)34(39)38(22-27-13-5-8-16-31(27)35)28-20-25-11-2-3-12-26(25)21-28/h2-17,23,28,33H,18-22H2,1H3/t23-,33+/m0/s1. The van der Waals surface area contributed by atoms with Gasteiger partial charge in [0.2, 0.25) is 5.91 Å². The number of hydrogen-bond acceptors (Lipinski definition) is 2. The van der Waals surface area contributed by atoms with Crippen molar-refractivity contribution in [3.8, 4) is 0 Å². The molecule has 2 aliphatic rings. The Morgan fingerprint density at radius 2 is 1.36 bits per heavy atom. The molecule has 0 saturated heterocycles. The highest BCUT2D eigenvalue weighted by Gasteiger charge is 2.39. The molecule has 3 nitrogen and oxygen atoms in total. The van der Waals surface area contributed by atoms with Gasteiger partial charge in [0.15, 0.2) is 0 Å². The van der Waals surface area contributed by atoms with Gasteiger partial charge in [-0.25, -0.2) is 8.78 Å². The van der Waals surface area contributed by atoms with Gasteiger partial charge in [-0.15, -0.1) is 0 Å². The SMILES string of the molecule is C[C@@H](C(=O)N(Cc1ccccc1F)C1Cc2ccccc2C1)N1CCc2ccccc2[C@@H]1c1ccccc1F. The Kier molecular flexibility index (Phi) is 7.01. The molecule has 1 amide bonds. The monoisotopic (exact) mass is 522 g/mol. The molecule has 0 saturated carbocycles. The molecule has 5 heteroatoms. The van der Waals surface area contributed by atoms with Gasteiger partial charge < -0.3 is 4.90 Å². The Morgan fingerprint density at radius 1 is 0.795 bits per heavy atom. The Morgan fingerprint density at radius 3 is 2.03 bits per heavy atom. The normalized spacial score (nSPS) is 17.9. The van der Waals surface area contributed by atoms with Crippen LogP contribution in [0.3, 0.4) is 0 Å². The van der Waals surface area contributed by atoms with Crippen LogP contribution in [0.2, 0.25) is 0 Å². The zero-order valence-electron chi connectivity index (χ0n) is 22.1. The third-order valence-electron chi connectivity index (χ3n) is 8.43. The van der Waals surface area contributed by atoms with E-state index in [9.17, 15) is 9.18 Å². The first kappa shape index (κ1) is 25.4. The number of rotatable bonds is 6. The second-order valence-corrected chi connectivity index (χ2v) is 10.7. The van der Waals surface area contributed by atoms with E-state index < -0.39 is 6.04 Å². The Hall–Kier alpha value is -3.83. The van der Waals surface area contributed by atoms with E-state index in [1.807, 2.05) is 60.4 Å². The summed E-state index contributed by atoms with van der Waals surface area (Å²) in [4.78, 5) is 18.4. The highest BCUT2D eigenvalue weighted by atomic mass is 19.1. The van der Waals surface area contributed by atoms with Crippen LogP contribution in [-0.2, 0) is 30.6 Å². The van der Waals surface area contributed by atoms with Gasteiger partial charge in [-0.05, 0) is 60.6 Å². The van der Waals surface area contributed by atoms with Crippen molar-refractivity contribution in [3.63, 3.8) is 0 Å². The molecule has 0 aromatic heterocycles. The molecule has 0 bridgehead atoms. The summed E-state index contributed by atoms with van der Waals surface area (Å²) in [6.07, 6.45) is 2.26. The topological polar surface area (TPSA) is 23.6 Å². The molecule has 4 aromatic carbocycles. The maximum absolute atomic E-state index is 15.2. The van der Waals surface area contributed by atoms with Crippen LogP contribution in [0.15, 0.2) is 97.1 Å². The largest absolute Gasteiger partial charge is 0.333 e. The maximum atomic E-state index is 15.2. The van der Waals surface area contributed by atoms with Crippen LogP contribution < -0.4 is 0 Å². The second kappa shape index (κ2) is 10.7. The Labute approximate surface area is 228 Å². The molecule has 0 fully saturated rings. The van der Waals surface area contributed by atoms with Crippen molar-refractivity contribution in [1.82, 2.24) is 9.80 Å². The lowest BCUT2D eigenvalue weighted by atomic mass is 9.86.